The van der Waals surface area contributed by atoms with Gasteiger partial charge in [-0.1, -0.05) is 12.1 Å². The molecule has 7 nitrogen and oxygen atoms in total. The second kappa shape index (κ2) is 7.64. The Balaban J connectivity index is 1.06. The lowest BCUT2D eigenvalue weighted by atomic mass is 9.34. The molecule has 0 unspecified atom stereocenters. The summed E-state index contributed by atoms with van der Waals surface area (Å²) in [5, 5.41) is 5.09. The Morgan fingerprint density at radius 2 is 1.82 bits per heavy atom. The summed E-state index contributed by atoms with van der Waals surface area (Å²) in [5.74, 6) is 2.08. The normalized spacial score (nSPS) is 27.2. The second-order valence-corrected chi connectivity index (χ2v) is 10.7. The Morgan fingerprint density at radius 3 is 2.55 bits per heavy atom. The molecule has 1 amide bonds. The van der Waals surface area contributed by atoms with Crippen LogP contribution < -0.4 is 5.32 Å². The van der Waals surface area contributed by atoms with Crippen molar-refractivity contribution in [3.8, 4) is 11.3 Å². The lowest BCUT2D eigenvalue weighted by Gasteiger charge is -2.72. The molecular weight excluding hydrogens is 414 g/mol. The number of anilines is 1. The summed E-state index contributed by atoms with van der Waals surface area (Å²) in [5.41, 5.74) is 1.67. The van der Waals surface area contributed by atoms with Crippen molar-refractivity contribution in [3.05, 3.63) is 42.5 Å². The van der Waals surface area contributed by atoms with Gasteiger partial charge in [-0.2, -0.15) is 0 Å². The molecule has 0 spiro atoms. The van der Waals surface area contributed by atoms with Crippen molar-refractivity contribution >= 4 is 22.5 Å². The van der Waals surface area contributed by atoms with Crippen LogP contribution in [0.5, 0.6) is 0 Å². The molecule has 4 aliphatic rings. The van der Waals surface area contributed by atoms with Crippen molar-refractivity contribution < 1.29 is 9.21 Å². The van der Waals surface area contributed by atoms with E-state index in [1.165, 1.54) is 52.0 Å². The molecule has 1 aliphatic heterocycles. The molecule has 33 heavy (non-hydrogen) atoms. The van der Waals surface area contributed by atoms with E-state index in [-0.39, 0.29) is 11.3 Å². The number of aromatic nitrogens is 2. The number of amides is 1. The number of carbonyl (C=O) groups is 1. The molecule has 4 fully saturated rings. The van der Waals surface area contributed by atoms with Gasteiger partial charge in [0.05, 0.1) is 6.20 Å². The van der Waals surface area contributed by atoms with Crippen LogP contribution in [0.2, 0.25) is 0 Å². The molecule has 7 heteroatoms. The van der Waals surface area contributed by atoms with E-state index in [0.717, 1.165) is 22.1 Å². The van der Waals surface area contributed by atoms with Crippen LogP contribution in [-0.2, 0) is 4.79 Å². The average Bonchev–Trinajstić information content (AvgIpc) is 3.18. The Morgan fingerprint density at radius 1 is 1.03 bits per heavy atom. The molecule has 7 rings (SSSR count). The first-order valence-electron chi connectivity index (χ1n) is 11.9. The highest BCUT2D eigenvalue weighted by Crippen LogP contribution is 2.75. The van der Waals surface area contributed by atoms with Crippen molar-refractivity contribution in [2.75, 3.05) is 45.1 Å². The first-order valence-corrected chi connectivity index (χ1v) is 11.9. The molecule has 2 bridgehead atoms. The van der Waals surface area contributed by atoms with Crippen molar-refractivity contribution in [2.45, 2.75) is 32.6 Å². The van der Waals surface area contributed by atoms with Gasteiger partial charge in [0.25, 0.3) is 0 Å². The number of fused-ring (bicyclic) bond motifs is 1. The van der Waals surface area contributed by atoms with Gasteiger partial charge in [-0.25, -0.2) is 9.97 Å². The van der Waals surface area contributed by atoms with Crippen molar-refractivity contribution in [1.29, 1.82) is 0 Å². The lowest BCUT2D eigenvalue weighted by molar-refractivity contribution is -0.216. The summed E-state index contributed by atoms with van der Waals surface area (Å²) in [6.07, 6.45) is 7.75. The minimum atomic E-state index is 0.0803. The number of rotatable bonds is 6. The van der Waals surface area contributed by atoms with Crippen molar-refractivity contribution in [1.82, 2.24) is 19.8 Å². The highest BCUT2D eigenvalue weighted by Gasteiger charge is 2.67. The molecule has 3 aromatic rings. The van der Waals surface area contributed by atoms with Crippen LogP contribution in [0, 0.1) is 17.8 Å². The number of nitrogens with zero attached hydrogens (tertiary/aromatic N) is 4. The molecular formula is C26H31N5O2. The van der Waals surface area contributed by atoms with Crippen molar-refractivity contribution in [3.63, 3.8) is 0 Å². The smallest absolute Gasteiger partial charge is 0.226 e. The molecule has 1 N–H and O–H groups in total. The largest absolute Gasteiger partial charge is 0.441 e. The minimum absolute atomic E-state index is 0.0803. The first kappa shape index (κ1) is 20.8. The third-order valence-electron chi connectivity index (χ3n) is 7.84. The van der Waals surface area contributed by atoms with Gasteiger partial charge in [-0.15, -0.1) is 0 Å². The topological polar surface area (TPSA) is 74.5 Å². The van der Waals surface area contributed by atoms with Gasteiger partial charge in [-0.3, -0.25) is 4.79 Å². The molecule has 0 radical (unpaired) electrons. The maximum Gasteiger partial charge on any atom is 0.226 e. The van der Waals surface area contributed by atoms with Crippen LogP contribution in [0.3, 0.4) is 0 Å². The van der Waals surface area contributed by atoms with E-state index in [1.807, 2.05) is 31.3 Å². The number of aryl methyl sites for hydroxylation is 1. The summed E-state index contributed by atoms with van der Waals surface area (Å²) in [4.78, 5) is 26.5. The predicted octanol–water partition coefficient (Wildman–Crippen LogP) is 3.94. The third-order valence-corrected chi connectivity index (χ3v) is 7.84. The van der Waals surface area contributed by atoms with Gasteiger partial charge in [0, 0.05) is 63.2 Å². The van der Waals surface area contributed by atoms with Crippen LogP contribution >= 0.6 is 0 Å². The fraction of sp³-hybridized carbons (Fsp3) is 0.500. The van der Waals surface area contributed by atoms with Gasteiger partial charge in [0.15, 0.2) is 11.7 Å². The van der Waals surface area contributed by atoms with E-state index in [9.17, 15) is 4.79 Å². The number of benzene rings is 1. The lowest BCUT2D eigenvalue weighted by Crippen LogP contribution is -2.67. The average molecular weight is 446 g/mol. The van der Waals surface area contributed by atoms with E-state index in [4.69, 9.17) is 4.42 Å². The van der Waals surface area contributed by atoms with Crippen LogP contribution in [-0.4, -0.2) is 65.4 Å². The van der Waals surface area contributed by atoms with Gasteiger partial charge >= 0.3 is 0 Å². The first-order chi connectivity index (χ1) is 15.9. The number of oxazole rings is 1. The van der Waals surface area contributed by atoms with Gasteiger partial charge in [-0.05, 0) is 54.7 Å². The zero-order valence-corrected chi connectivity index (χ0v) is 19.4. The summed E-state index contributed by atoms with van der Waals surface area (Å²) in [6.45, 7) is 7.74. The maximum absolute atomic E-state index is 12.8. The Hall–Kier alpha value is -2.77. The predicted molar refractivity (Wildman–Crippen MR) is 128 cm³/mol. The zero-order valence-electron chi connectivity index (χ0n) is 19.4. The highest BCUT2D eigenvalue weighted by atomic mass is 16.4. The van der Waals surface area contributed by atoms with E-state index >= 15 is 0 Å². The van der Waals surface area contributed by atoms with Crippen LogP contribution in [0.4, 0.5) is 5.82 Å². The fourth-order valence-electron chi connectivity index (χ4n) is 6.45. The summed E-state index contributed by atoms with van der Waals surface area (Å²) < 4.78 is 5.65. The van der Waals surface area contributed by atoms with Gasteiger partial charge in [0.2, 0.25) is 5.91 Å². The highest BCUT2D eigenvalue weighted by molar-refractivity contribution is 5.94. The summed E-state index contributed by atoms with van der Waals surface area (Å²) >= 11 is 0. The molecule has 172 valence electrons. The number of carbonyl (C=O) groups excluding carboxylic acids is 1. The summed E-state index contributed by atoms with van der Waals surface area (Å²) in [7, 11) is 2.20. The fourth-order valence-corrected chi connectivity index (χ4v) is 6.45. The zero-order chi connectivity index (χ0) is 22.6. The molecule has 1 saturated heterocycles. The monoisotopic (exact) mass is 445 g/mol. The molecule has 1 aromatic carbocycles. The van der Waals surface area contributed by atoms with Crippen molar-refractivity contribution in [2.24, 2.45) is 10.8 Å². The Bertz CT molecular complexity index is 1190. The Kier molecular flexibility index (Phi) is 4.82. The van der Waals surface area contributed by atoms with E-state index in [2.05, 4.69) is 38.2 Å². The Labute approximate surface area is 194 Å². The molecule has 0 atom stereocenters. The molecule has 3 saturated carbocycles. The SMILES string of the molecule is Cc1ncc(-c2ccc3cnc(NC(=O)CC45CC(CN6CCN(C)CC6)(C4)C5)cc3c2)o1. The van der Waals surface area contributed by atoms with E-state index in [0.29, 0.717) is 23.5 Å². The maximum atomic E-state index is 12.8. The quantitative estimate of drug-likeness (QED) is 0.619. The summed E-state index contributed by atoms with van der Waals surface area (Å²) in [6, 6.07) is 8.01. The van der Waals surface area contributed by atoms with Gasteiger partial charge in [0.1, 0.15) is 5.82 Å². The van der Waals surface area contributed by atoms with E-state index in [1.54, 1.807) is 6.20 Å². The molecule has 2 aromatic heterocycles. The number of pyridine rings is 1. The van der Waals surface area contributed by atoms with Crippen LogP contribution in [0.1, 0.15) is 31.6 Å². The van der Waals surface area contributed by atoms with E-state index < -0.39 is 0 Å². The molecule has 3 aliphatic carbocycles. The number of piperazine rings is 1. The second-order valence-electron chi connectivity index (χ2n) is 10.7. The number of hydrogen-bond donors (Lipinski definition) is 1. The van der Waals surface area contributed by atoms with Gasteiger partial charge < -0.3 is 19.5 Å². The van der Waals surface area contributed by atoms with Crippen LogP contribution in [0.15, 0.2) is 41.1 Å². The third kappa shape index (κ3) is 3.93. The number of nitrogens with one attached hydrogen (secondary N) is 1. The number of likely N-dealkylation sites (N-methyl/N-ethyl adjacent to an activating group) is 1. The molecule has 3 heterocycles. The van der Waals surface area contributed by atoms with Crippen LogP contribution in [0.25, 0.3) is 22.1 Å². The standard InChI is InChI=1S/C26H31N5O2/c1-18-27-13-22(33-18)19-3-4-20-12-28-23(10-21(20)9-19)29-24(32)11-25-14-26(15-25,16-25)17-31-7-5-30(2)6-8-31/h3-4,9-10,12-13H,5-8,11,14-17H2,1-2H3,(H,28,29,32). The number of hydrogen-bond acceptors (Lipinski definition) is 6. The minimum Gasteiger partial charge on any atom is -0.441 e.